The minimum Gasteiger partial charge on any atom is -0.455 e. The predicted molar refractivity (Wildman–Crippen MR) is 159 cm³/mol. The zero-order valence-electron chi connectivity index (χ0n) is 21.0. The predicted octanol–water partition coefficient (Wildman–Crippen LogP) is 10.2. The lowest BCUT2D eigenvalue weighted by molar-refractivity contribution is 0.667. The molecule has 38 heavy (non-hydrogen) atoms. The Balaban J connectivity index is 1.27. The topological polar surface area (TPSA) is 16.4 Å². The molecule has 0 bridgehead atoms. The largest absolute Gasteiger partial charge is 0.455 e. The SMILES string of the molecule is C1=C(c2cccc3c2oc2ccccc23)CCC(N(c2ccccc2)c2ccc(-c3ccccc3)cc2)=C1. The molecule has 0 N–H and O–H groups in total. The van der Waals surface area contributed by atoms with Crippen LogP contribution in [-0.2, 0) is 0 Å². The molecule has 2 nitrogen and oxygen atoms in total. The molecule has 2 heteroatoms. The molecule has 5 aromatic carbocycles. The highest BCUT2D eigenvalue weighted by Gasteiger charge is 2.20. The molecule has 6 aromatic rings. The van der Waals surface area contributed by atoms with E-state index in [1.54, 1.807) is 0 Å². The smallest absolute Gasteiger partial charge is 0.142 e. The maximum absolute atomic E-state index is 6.33. The number of para-hydroxylation sites is 3. The molecule has 1 heterocycles. The third-order valence-electron chi connectivity index (χ3n) is 7.41. The molecule has 0 saturated heterocycles. The van der Waals surface area contributed by atoms with E-state index >= 15 is 0 Å². The average molecular weight is 490 g/mol. The number of rotatable bonds is 5. The number of allylic oxidation sites excluding steroid dienone is 4. The molecule has 0 atom stereocenters. The van der Waals surface area contributed by atoms with Crippen molar-refractivity contribution in [2.24, 2.45) is 0 Å². The Morgan fingerprint density at radius 2 is 1.16 bits per heavy atom. The molecular weight excluding hydrogens is 462 g/mol. The maximum Gasteiger partial charge on any atom is 0.142 e. The van der Waals surface area contributed by atoms with E-state index in [1.807, 2.05) is 12.1 Å². The molecule has 182 valence electrons. The Kier molecular flexibility index (Phi) is 5.64. The molecule has 0 amide bonds. The van der Waals surface area contributed by atoms with E-state index in [2.05, 4.69) is 132 Å². The zero-order chi connectivity index (χ0) is 25.3. The molecule has 1 aromatic heterocycles. The van der Waals surface area contributed by atoms with E-state index in [0.29, 0.717) is 0 Å². The Hall–Kier alpha value is -4.82. The molecule has 0 unspecified atom stereocenters. The van der Waals surface area contributed by atoms with Gasteiger partial charge in [-0.2, -0.15) is 0 Å². The molecule has 0 saturated carbocycles. The molecule has 0 aliphatic heterocycles. The molecular formula is C36H27NO. The molecule has 0 spiro atoms. The first-order valence-electron chi connectivity index (χ1n) is 13.2. The average Bonchev–Trinajstić information content (AvgIpc) is 3.38. The maximum atomic E-state index is 6.33. The van der Waals surface area contributed by atoms with Crippen LogP contribution in [0.1, 0.15) is 18.4 Å². The quantitative estimate of drug-likeness (QED) is 0.239. The zero-order valence-corrected chi connectivity index (χ0v) is 21.0. The lowest BCUT2D eigenvalue weighted by Crippen LogP contribution is -2.17. The lowest BCUT2D eigenvalue weighted by Gasteiger charge is -2.30. The van der Waals surface area contributed by atoms with Crippen molar-refractivity contribution in [3.8, 4) is 11.1 Å². The first-order chi connectivity index (χ1) is 18.8. The Bertz CT molecular complexity index is 1790. The Morgan fingerprint density at radius 1 is 0.500 bits per heavy atom. The van der Waals surface area contributed by atoms with Gasteiger partial charge in [0, 0.05) is 33.4 Å². The van der Waals surface area contributed by atoms with Crippen molar-refractivity contribution >= 4 is 38.9 Å². The molecule has 0 fully saturated rings. The fraction of sp³-hybridized carbons (Fsp3) is 0.0556. The second-order valence-electron chi connectivity index (χ2n) is 9.71. The van der Waals surface area contributed by atoms with Gasteiger partial charge in [0.1, 0.15) is 11.2 Å². The number of benzene rings is 5. The third kappa shape index (κ3) is 4.01. The molecule has 0 radical (unpaired) electrons. The monoisotopic (exact) mass is 489 g/mol. The summed E-state index contributed by atoms with van der Waals surface area (Å²) in [6.07, 6.45) is 6.44. The summed E-state index contributed by atoms with van der Waals surface area (Å²) in [5.74, 6) is 0. The fourth-order valence-corrected chi connectivity index (χ4v) is 5.53. The summed E-state index contributed by atoms with van der Waals surface area (Å²) in [7, 11) is 0. The highest BCUT2D eigenvalue weighted by Crippen LogP contribution is 2.40. The number of hydrogen-bond donors (Lipinski definition) is 0. The van der Waals surface area contributed by atoms with Gasteiger partial charge in [-0.3, -0.25) is 0 Å². The second kappa shape index (κ2) is 9.57. The van der Waals surface area contributed by atoms with E-state index in [0.717, 1.165) is 24.0 Å². The van der Waals surface area contributed by atoms with Crippen molar-refractivity contribution in [3.63, 3.8) is 0 Å². The van der Waals surface area contributed by atoms with E-state index < -0.39 is 0 Å². The highest BCUT2D eigenvalue weighted by molar-refractivity contribution is 6.08. The van der Waals surface area contributed by atoms with Crippen LogP contribution in [0.3, 0.4) is 0 Å². The van der Waals surface area contributed by atoms with Crippen LogP contribution in [0.4, 0.5) is 11.4 Å². The molecule has 1 aliphatic carbocycles. The van der Waals surface area contributed by atoms with Gasteiger partial charge in [-0.15, -0.1) is 0 Å². The van der Waals surface area contributed by atoms with Crippen LogP contribution in [0.2, 0.25) is 0 Å². The second-order valence-corrected chi connectivity index (χ2v) is 9.71. The minimum absolute atomic E-state index is 0.941. The van der Waals surface area contributed by atoms with Gasteiger partial charge >= 0.3 is 0 Å². The summed E-state index contributed by atoms with van der Waals surface area (Å²) in [5.41, 5.74) is 10.5. The fourth-order valence-electron chi connectivity index (χ4n) is 5.53. The number of anilines is 2. The van der Waals surface area contributed by atoms with Gasteiger partial charge in [0.2, 0.25) is 0 Å². The number of furan rings is 1. The van der Waals surface area contributed by atoms with Crippen LogP contribution in [0.5, 0.6) is 0 Å². The first kappa shape index (κ1) is 22.4. The summed E-state index contributed by atoms with van der Waals surface area (Å²) in [5, 5.41) is 2.35. The van der Waals surface area contributed by atoms with Crippen LogP contribution in [0.15, 0.2) is 150 Å². The van der Waals surface area contributed by atoms with Crippen LogP contribution in [-0.4, -0.2) is 0 Å². The van der Waals surface area contributed by atoms with E-state index in [1.165, 1.54) is 50.1 Å². The van der Waals surface area contributed by atoms with Crippen LogP contribution in [0.25, 0.3) is 38.6 Å². The van der Waals surface area contributed by atoms with Gasteiger partial charge in [0.15, 0.2) is 0 Å². The van der Waals surface area contributed by atoms with E-state index in [4.69, 9.17) is 4.42 Å². The Morgan fingerprint density at radius 3 is 1.92 bits per heavy atom. The van der Waals surface area contributed by atoms with Crippen molar-refractivity contribution in [2.45, 2.75) is 12.8 Å². The summed E-state index contributed by atoms with van der Waals surface area (Å²) in [6, 6.07) is 44.8. The Labute approximate surface area is 222 Å². The van der Waals surface area contributed by atoms with Gasteiger partial charge in [0.25, 0.3) is 0 Å². The van der Waals surface area contributed by atoms with Crippen LogP contribution in [0, 0.1) is 0 Å². The number of hydrogen-bond acceptors (Lipinski definition) is 2. The van der Waals surface area contributed by atoms with Gasteiger partial charge in [-0.25, -0.2) is 0 Å². The summed E-state index contributed by atoms with van der Waals surface area (Å²) < 4.78 is 6.33. The molecule has 1 aliphatic rings. The van der Waals surface area contributed by atoms with Crippen molar-refractivity contribution in [1.82, 2.24) is 0 Å². The molecule has 7 rings (SSSR count). The lowest BCUT2D eigenvalue weighted by atomic mass is 9.93. The van der Waals surface area contributed by atoms with Crippen LogP contribution >= 0.6 is 0 Å². The van der Waals surface area contributed by atoms with Gasteiger partial charge < -0.3 is 9.32 Å². The van der Waals surface area contributed by atoms with Crippen molar-refractivity contribution < 1.29 is 4.42 Å². The summed E-state index contributed by atoms with van der Waals surface area (Å²) >= 11 is 0. The standard InChI is InChI=1S/C36H27NO/c1-3-10-26(11-4-1)27-18-22-30(23-19-27)37(29-12-5-2-6-13-29)31-24-20-28(21-25-31)32-15-9-16-34-33-14-7-8-17-35(33)38-36(32)34/h1-20,22-24H,21,25H2. The minimum atomic E-state index is 0.941. The normalized spacial score (nSPS) is 13.4. The number of fused-ring (bicyclic) bond motifs is 3. The number of nitrogens with zero attached hydrogens (tertiary/aromatic N) is 1. The first-order valence-corrected chi connectivity index (χ1v) is 13.2. The van der Waals surface area contributed by atoms with Crippen LogP contribution < -0.4 is 4.90 Å². The van der Waals surface area contributed by atoms with E-state index in [-0.39, 0.29) is 0 Å². The summed E-state index contributed by atoms with van der Waals surface area (Å²) in [4.78, 5) is 2.38. The van der Waals surface area contributed by atoms with Crippen molar-refractivity contribution in [1.29, 1.82) is 0 Å². The van der Waals surface area contributed by atoms with Gasteiger partial charge in [-0.05, 0) is 65.9 Å². The highest BCUT2D eigenvalue weighted by atomic mass is 16.3. The van der Waals surface area contributed by atoms with Crippen molar-refractivity contribution in [2.75, 3.05) is 4.90 Å². The van der Waals surface area contributed by atoms with E-state index in [9.17, 15) is 0 Å². The third-order valence-corrected chi connectivity index (χ3v) is 7.41. The summed E-state index contributed by atoms with van der Waals surface area (Å²) in [6.45, 7) is 0. The van der Waals surface area contributed by atoms with Gasteiger partial charge in [0.05, 0.1) is 0 Å². The van der Waals surface area contributed by atoms with Crippen molar-refractivity contribution in [3.05, 3.63) is 151 Å². The van der Waals surface area contributed by atoms with Gasteiger partial charge in [-0.1, -0.05) is 103 Å².